The first-order chi connectivity index (χ1) is 14.6. The van der Waals surface area contributed by atoms with Gasteiger partial charge in [-0.25, -0.2) is 4.39 Å². The Bertz CT molecular complexity index is 1110. The minimum absolute atomic E-state index is 0.0765. The summed E-state index contributed by atoms with van der Waals surface area (Å²) in [7, 11) is 0. The number of carbonyl (C=O) groups is 1. The van der Waals surface area contributed by atoms with Crippen LogP contribution in [-0.2, 0) is 0 Å². The van der Waals surface area contributed by atoms with Crippen molar-refractivity contribution in [2.45, 2.75) is 44.2 Å². The summed E-state index contributed by atoms with van der Waals surface area (Å²) in [6.07, 6.45) is 7.06. The Morgan fingerprint density at radius 1 is 1.10 bits per heavy atom. The number of aliphatic imine (C=N–C) groups is 1. The lowest BCUT2D eigenvalue weighted by molar-refractivity contribution is 0.0645. The fourth-order valence-corrected chi connectivity index (χ4v) is 4.61. The average molecular weight is 399 g/mol. The fourth-order valence-electron chi connectivity index (χ4n) is 4.61. The van der Waals surface area contributed by atoms with Gasteiger partial charge in [-0.15, -0.1) is 0 Å². The lowest BCUT2D eigenvalue weighted by atomic mass is 9.88. The number of halogens is 1. The molecule has 1 saturated carbocycles. The van der Waals surface area contributed by atoms with Crippen LogP contribution in [0, 0.1) is 17.1 Å². The van der Waals surface area contributed by atoms with Gasteiger partial charge in [-0.1, -0.05) is 18.2 Å². The Labute approximate surface area is 175 Å². The maximum absolute atomic E-state index is 13.4. The smallest absolute Gasteiger partial charge is 0.254 e. The quantitative estimate of drug-likeness (QED) is 0.734. The van der Waals surface area contributed by atoms with Crippen molar-refractivity contribution in [3.05, 3.63) is 70.6 Å². The molecule has 2 aromatic carbocycles. The molecule has 0 saturated heterocycles. The van der Waals surface area contributed by atoms with Gasteiger partial charge in [0.2, 0.25) is 0 Å². The van der Waals surface area contributed by atoms with Gasteiger partial charge in [0.25, 0.3) is 5.91 Å². The summed E-state index contributed by atoms with van der Waals surface area (Å²) >= 11 is 0. The summed E-state index contributed by atoms with van der Waals surface area (Å²) in [4.78, 5) is 19.9. The van der Waals surface area contributed by atoms with Gasteiger partial charge in [0, 0.05) is 23.9 Å². The number of benzene rings is 2. The van der Waals surface area contributed by atoms with Crippen molar-refractivity contribution in [1.29, 1.82) is 5.26 Å². The highest BCUT2D eigenvalue weighted by atomic mass is 19.1. The van der Waals surface area contributed by atoms with E-state index in [4.69, 9.17) is 0 Å². The summed E-state index contributed by atoms with van der Waals surface area (Å²) in [5, 5.41) is 9.31. The molecule has 1 fully saturated rings. The van der Waals surface area contributed by atoms with E-state index in [9.17, 15) is 14.4 Å². The Morgan fingerprint density at radius 2 is 1.90 bits per heavy atom. The van der Waals surface area contributed by atoms with E-state index in [-0.39, 0.29) is 17.5 Å². The van der Waals surface area contributed by atoms with Crippen molar-refractivity contribution in [1.82, 2.24) is 4.90 Å². The van der Waals surface area contributed by atoms with Crippen LogP contribution in [0.3, 0.4) is 0 Å². The maximum Gasteiger partial charge on any atom is 0.254 e. The molecule has 1 aliphatic heterocycles. The van der Waals surface area contributed by atoms with Crippen molar-refractivity contribution < 1.29 is 9.18 Å². The number of rotatable bonds is 4. The molecule has 3 aliphatic rings. The molecule has 1 heterocycles. The van der Waals surface area contributed by atoms with Gasteiger partial charge in [0.1, 0.15) is 5.82 Å². The van der Waals surface area contributed by atoms with Crippen LogP contribution in [0.5, 0.6) is 0 Å². The third-order valence-electron chi connectivity index (χ3n) is 6.33. The van der Waals surface area contributed by atoms with E-state index in [0.29, 0.717) is 17.2 Å². The minimum Gasteiger partial charge on any atom is -0.332 e. The third-order valence-corrected chi connectivity index (χ3v) is 6.33. The number of nitriles is 1. The summed E-state index contributed by atoms with van der Waals surface area (Å²) in [6, 6.07) is 14.1. The van der Waals surface area contributed by atoms with E-state index in [0.717, 1.165) is 44.2 Å². The summed E-state index contributed by atoms with van der Waals surface area (Å²) in [5.74, 6) is -0.354. The fraction of sp³-hybridized carbons (Fsp3) is 0.320. The summed E-state index contributed by atoms with van der Waals surface area (Å²) in [5.41, 5.74) is 5.18. The number of hydrogen-bond donors (Lipinski definition) is 0. The predicted molar refractivity (Wildman–Crippen MR) is 114 cm³/mol. The molecule has 0 aromatic heterocycles. The summed E-state index contributed by atoms with van der Waals surface area (Å²) in [6.45, 7) is 0.828. The third kappa shape index (κ3) is 3.43. The van der Waals surface area contributed by atoms with Crippen LogP contribution in [0.25, 0.3) is 11.1 Å². The van der Waals surface area contributed by atoms with Crippen LogP contribution < -0.4 is 0 Å². The zero-order chi connectivity index (χ0) is 20.7. The molecular formula is C25H22FN3O. The first-order valence-electron chi connectivity index (χ1n) is 10.5. The van der Waals surface area contributed by atoms with Crippen LogP contribution in [0.15, 0.2) is 58.6 Å². The van der Waals surface area contributed by atoms with E-state index in [1.54, 1.807) is 6.07 Å². The van der Waals surface area contributed by atoms with E-state index in [2.05, 4.69) is 9.89 Å². The molecule has 4 nitrogen and oxygen atoms in total. The Hall–Kier alpha value is -3.26. The normalized spacial score (nSPS) is 20.1. The molecule has 5 heteroatoms. The zero-order valence-electron chi connectivity index (χ0n) is 16.6. The van der Waals surface area contributed by atoms with Crippen LogP contribution in [0.2, 0.25) is 0 Å². The van der Waals surface area contributed by atoms with E-state index in [1.807, 2.05) is 36.5 Å². The molecule has 5 rings (SSSR count). The SMILES string of the molecule is N#Cc1cc(F)ccc1-c1ccc(C(=O)N(C2CC2)C2CCC3=C(C=NC3)C2)cc1. The van der Waals surface area contributed by atoms with Gasteiger partial charge in [0.15, 0.2) is 0 Å². The molecular weight excluding hydrogens is 377 g/mol. The average Bonchev–Trinajstić information content (AvgIpc) is 3.49. The van der Waals surface area contributed by atoms with Crippen LogP contribution in [-0.4, -0.2) is 35.7 Å². The highest BCUT2D eigenvalue weighted by Gasteiger charge is 2.39. The number of carbonyl (C=O) groups excluding carboxylic acids is 1. The number of hydrogen-bond acceptors (Lipinski definition) is 3. The standard InChI is InChI=1S/C25H22FN3O/c26-21-6-10-24(19(11-21)13-27)16-1-3-17(4-2-16)25(30)29(22-8-9-22)23-7-5-18-14-28-15-20(18)12-23/h1-4,6,10-11,15,22-23H,5,7-9,12,14H2. The van der Waals surface area contributed by atoms with Gasteiger partial charge < -0.3 is 4.90 Å². The van der Waals surface area contributed by atoms with Crippen molar-refractivity contribution in [3.8, 4) is 17.2 Å². The molecule has 0 radical (unpaired) electrons. The van der Waals surface area contributed by atoms with E-state index in [1.165, 1.54) is 23.3 Å². The van der Waals surface area contributed by atoms with Crippen LogP contribution in [0.4, 0.5) is 4.39 Å². The molecule has 1 atom stereocenters. The Kier molecular flexibility index (Phi) is 4.71. The predicted octanol–water partition coefficient (Wildman–Crippen LogP) is 4.90. The molecule has 1 unspecified atom stereocenters. The molecule has 2 aliphatic carbocycles. The van der Waals surface area contributed by atoms with Gasteiger partial charge in [-0.3, -0.25) is 9.79 Å². The highest BCUT2D eigenvalue weighted by Crippen LogP contribution is 2.37. The lowest BCUT2D eigenvalue weighted by Crippen LogP contribution is -2.43. The Balaban J connectivity index is 1.39. The monoisotopic (exact) mass is 399 g/mol. The number of amides is 1. The molecule has 2 aromatic rings. The second-order valence-electron chi connectivity index (χ2n) is 8.32. The minimum atomic E-state index is -0.430. The molecule has 30 heavy (non-hydrogen) atoms. The molecule has 0 bridgehead atoms. The van der Waals surface area contributed by atoms with Gasteiger partial charge in [-0.2, -0.15) is 5.26 Å². The van der Waals surface area contributed by atoms with Crippen LogP contribution >= 0.6 is 0 Å². The molecule has 150 valence electrons. The number of nitrogens with zero attached hydrogens (tertiary/aromatic N) is 3. The van der Waals surface area contributed by atoms with E-state index >= 15 is 0 Å². The molecule has 0 spiro atoms. The zero-order valence-corrected chi connectivity index (χ0v) is 16.6. The van der Waals surface area contributed by atoms with Crippen molar-refractivity contribution in [2.75, 3.05) is 6.54 Å². The first-order valence-corrected chi connectivity index (χ1v) is 10.5. The second kappa shape index (κ2) is 7.53. The van der Waals surface area contributed by atoms with Gasteiger partial charge in [-0.05, 0) is 78.6 Å². The summed E-state index contributed by atoms with van der Waals surface area (Å²) < 4.78 is 13.4. The first kappa shape index (κ1) is 18.7. The lowest BCUT2D eigenvalue weighted by Gasteiger charge is -2.35. The van der Waals surface area contributed by atoms with Crippen molar-refractivity contribution >= 4 is 12.1 Å². The van der Waals surface area contributed by atoms with Crippen LogP contribution in [0.1, 0.15) is 48.0 Å². The second-order valence-corrected chi connectivity index (χ2v) is 8.32. The molecule has 1 amide bonds. The van der Waals surface area contributed by atoms with Crippen molar-refractivity contribution in [3.63, 3.8) is 0 Å². The molecule has 0 N–H and O–H groups in total. The van der Waals surface area contributed by atoms with E-state index < -0.39 is 5.82 Å². The Morgan fingerprint density at radius 3 is 2.63 bits per heavy atom. The van der Waals surface area contributed by atoms with Gasteiger partial charge in [0.05, 0.1) is 18.2 Å². The van der Waals surface area contributed by atoms with Gasteiger partial charge >= 0.3 is 0 Å². The topological polar surface area (TPSA) is 56.5 Å². The largest absolute Gasteiger partial charge is 0.332 e. The maximum atomic E-state index is 13.4. The van der Waals surface area contributed by atoms with Crippen molar-refractivity contribution in [2.24, 2.45) is 4.99 Å². The highest BCUT2D eigenvalue weighted by molar-refractivity contribution is 5.95.